The number of nitrogens with two attached hydrogens (primary N) is 1. The van der Waals surface area contributed by atoms with Crippen LogP contribution in [0.4, 0.5) is 4.39 Å². The second kappa shape index (κ2) is 11.5. The Morgan fingerprint density at radius 2 is 1.97 bits per heavy atom. The number of imidazole rings is 1. The number of unbranched alkanes of at least 4 members (excludes halogenated alkanes) is 3. The van der Waals surface area contributed by atoms with Crippen molar-refractivity contribution < 1.29 is 13.9 Å². The monoisotopic (exact) mass is 477 g/mol. The Morgan fingerprint density at radius 1 is 1.21 bits per heavy atom. The smallest absolute Gasteiger partial charge is 0.317 e. The maximum atomic E-state index is 15.1. The van der Waals surface area contributed by atoms with Gasteiger partial charge in [-0.05, 0) is 38.5 Å². The third kappa shape index (κ3) is 5.17. The Labute approximate surface area is 200 Å². The number of methoxy groups -OCH3 is 1. The van der Waals surface area contributed by atoms with E-state index in [1.54, 1.807) is 18.5 Å². The molecule has 0 bridgehead atoms. The van der Waals surface area contributed by atoms with E-state index in [4.69, 9.17) is 10.5 Å². The molecule has 2 aromatic heterocycles. The lowest BCUT2D eigenvalue weighted by atomic mass is 9.75. The molecule has 0 fully saturated rings. The van der Waals surface area contributed by atoms with Crippen molar-refractivity contribution in [3.63, 3.8) is 0 Å². The number of esters is 1. The van der Waals surface area contributed by atoms with E-state index in [1.807, 2.05) is 18.4 Å². The minimum absolute atomic E-state index is 0. The van der Waals surface area contributed by atoms with Crippen molar-refractivity contribution in [1.29, 1.82) is 0 Å². The SMILES string of the molecule is CCCCCCC(CN)(C(=O)OC)c1cc(-c2ncnc3c2ncn3C(C)C)ccc1F.Cl. The lowest BCUT2D eigenvalue weighted by molar-refractivity contribution is -0.147. The number of benzene rings is 1. The van der Waals surface area contributed by atoms with Crippen molar-refractivity contribution in [2.45, 2.75) is 64.3 Å². The number of nitrogens with zero attached hydrogens (tertiary/aromatic N) is 4. The fraction of sp³-hybridized carbons (Fsp3) is 0.500. The molecule has 0 amide bonds. The predicted molar refractivity (Wildman–Crippen MR) is 130 cm³/mol. The van der Waals surface area contributed by atoms with E-state index in [0.29, 0.717) is 28.8 Å². The average Bonchev–Trinajstić information content (AvgIpc) is 3.24. The minimum atomic E-state index is -1.26. The van der Waals surface area contributed by atoms with Crippen LogP contribution in [0.15, 0.2) is 30.9 Å². The molecule has 0 radical (unpaired) electrons. The van der Waals surface area contributed by atoms with Crippen LogP contribution in [0.5, 0.6) is 0 Å². The normalized spacial score (nSPS) is 13.1. The van der Waals surface area contributed by atoms with Crippen molar-refractivity contribution >= 4 is 29.5 Å². The molecule has 9 heteroatoms. The largest absolute Gasteiger partial charge is 0.468 e. The van der Waals surface area contributed by atoms with E-state index in [0.717, 1.165) is 25.7 Å². The highest BCUT2D eigenvalue weighted by Gasteiger charge is 2.42. The molecule has 3 rings (SSSR count). The first-order valence-electron chi connectivity index (χ1n) is 11.2. The molecule has 0 aliphatic rings. The highest BCUT2D eigenvalue weighted by atomic mass is 35.5. The van der Waals surface area contributed by atoms with Gasteiger partial charge < -0.3 is 15.0 Å². The van der Waals surface area contributed by atoms with Crippen LogP contribution in [0, 0.1) is 5.82 Å². The van der Waals surface area contributed by atoms with Gasteiger partial charge in [0.15, 0.2) is 5.65 Å². The van der Waals surface area contributed by atoms with Crippen LogP contribution in [0.2, 0.25) is 0 Å². The quantitative estimate of drug-likeness (QED) is 0.327. The first-order valence-corrected chi connectivity index (χ1v) is 11.2. The van der Waals surface area contributed by atoms with Gasteiger partial charge in [-0.1, -0.05) is 32.6 Å². The van der Waals surface area contributed by atoms with Crippen molar-refractivity contribution in [3.05, 3.63) is 42.2 Å². The van der Waals surface area contributed by atoms with E-state index in [2.05, 4.69) is 21.9 Å². The Balaban J connectivity index is 0.00000385. The summed E-state index contributed by atoms with van der Waals surface area (Å²) < 4.78 is 22.2. The van der Waals surface area contributed by atoms with E-state index in [-0.39, 0.29) is 30.6 Å². The first kappa shape index (κ1) is 26.7. The summed E-state index contributed by atoms with van der Waals surface area (Å²) in [5.74, 6) is -1.01. The standard InChI is InChI=1S/C24H32FN5O2.ClH/c1-5-6-7-8-11-24(13-26,23(31)32-4)18-12-17(9-10-19(18)25)20-21-22(28-14-27-20)30(15-29-21)16(2)3;/h9-10,12,14-16H,5-8,11,13,26H2,1-4H3;1H. The van der Waals surface area contributed by atoms with Crippen LogP contribution in [0.25, 0.3) is 22.4 Å². The minimum Gasteiger partial charge on any atom is -0.468 e. The van der Waals surface area contributed by atoms with Crippen LogP contribution in [0.1, 0.15) is 64.5 Å². The molecule has 7 nitrogen and oxygen atoms in total. The summed E-state index contributed by atoms with van der Waals surface area (Å²) in [6.45, 7) is 6.16. The van der Waals surface area contributed by atoms with Gasteiger partial charge in [0.25, 0.3) is 0 Å². The van der Waals surface area contributed by atoms with Crippen LogP contribution in [-0.4, -0.2) is 39.1 Å². The molecule has 2 N–H and O–H groups in total. The number of ether oxygens (including phenoxy) is 1. The van der Waals surface area contributed by atoms with Gasteiger partial charge in [0.1, 0.15) is 28.8 Å². The zero-order chi connectivity index (χ0) is 23.3. The maximum absolute atomic E-state index is 15.1. The second-order valence-corrected chi connectivity index (χ2v) is 8.42. The Morgan fingerprint density at radius 3 is 2.61 bits per heavy atom. The van der Waals surface area contributed by atoms with Crippen molar-refractivity contribution in [2.75, 3.05) is 13.7 Å². The molecular formula is C24H33ClFN5O2. The van der Waals surface area contributed by atoms with Gasteiger partial charge in [0.05, 0.1) is 13.4 Å². The summed E-state index contributed by atoms with van der Waals surface area (Å²) in [5, 5.41) is 0. The average molecular weight is 478 g/mol. The summed E-state index contributed by atoms with van der Waals surface area (Å²) in [6, 6.07) is 4.84. The Kier molecular flexibility index (Phi) is 9.31. The summed E-state index contributed by atoms with van der Waals surface area (Å²) in [4.78, 5) is 26.2. The molecule has 0 aliphatic carbocycles. The lowest BCUT2D eigenvalue weighted by Crippen LogP contribution is -2.44. The van der Waals surface area contributed by atoms with E-state index >= 15 is 4.39 Å². The van der Waals surface area contributed by atoms with Gasteiger partial charge in [-0.25, -0.2) is 19.3 Å². The third-order valence-corrected chi connectivity index (χ3v) is 6.05. The second-order valence-electron chi connectivity index (χ2n) is 8.42. The summed E-state index contributed by atoms with van der Waals surface area (Å²) in [5.41, 5.74) is 7.64. The third-order valence-electron chi connectivity index (χ3n) is 6.05. The summed E-state index contributed by atoms with van der Waals surface area (Å²) in [7, 11) is 1.31. The molecule has 1 atom stereocenters. The number of fused-ring (bicyclic) bond motifs is 1. The molecule has 180 valence electrons. The maximum Gasteiger partial charge on any atom is 0.317 e. The number of halogens is 2. The van der Waals surface area contributed by atoms with Crippen molar-refractivity contribution in [1.82, 2.24) is 19.5 Å². The van der Waals surface area contributed by atoms with Gasteiger partial charge in [0, 0.05) is 23.7 Å². The van der Waals surface area contributed by atoms with E-state index < -0.39 is 17.2 Å². The van der Waals surface area contributed by atoms with Gasteiger partial charge in [0.2, 0.25) is 0 Å². The molecule has 0 spiro atoms. The molecule has 33 heavy (non-hydrogen) atoms. The summed E-state index contributed by atoms with van der Waals surface area (Å²) in [6.07, 6.45) is 7.41. The van der Waals surface area contributed by atoms with Gasteiger partial charge in [-0.3, -0.25) is 4.79 Å². The van der Waals surface area contributed by atoms with Crippen LogP contribution in [-0.2, 0) is 14.9 Å². The predicted octanol–water partition coefficient (Wildman–Crippen LogP) is 4.98. The number of hydrogen-bond donors (Lipinski definition) is 1. The Hall–Kier alpha value is -2.58. The van der Waals surface area contributed by atoms with Gasteiger partial charge in [-0.2, -0.15) is 0 Å². The fourth-order valence-electron chi connectivity index (χ4n) is 4.17. The lowest BCUT2D eigenvalue weighted by Gasteiger charge is -2.31. The zero-order valence-electron chi connectivity index (χ0n) is 19.7. The Bertz CT molecular complexity index is 1090. The topological polar surface area (TPSA) is 95.9 Å². The number of rotatable bonds is 10. The number of carbonyl (C=O) groups is 1. The summed E-state index contributed by atoms with van der Waals surface area (Å²) >= 11 is 0. The van der Waals surface area contributed by atoms with Crippen LogP contribution >= 0.6 is 12.4 Å². The molecule has 1 unspecified atom stereocenters. The van der Waals surface area contributed by atoms with Crippen LogP contribution < -0.4 is 5.73 Å². The number of aromatic nitrogens is 4. The van der Waals surface area contributed by atoms with Gasteiger partial charge >= 0.3 is 5.97 Å². The fourth-order valence-corrected chi connectivity index (χ4v) is 4.17. The molecule has 1 aromatic carbocycles. The first-order chi connectivity index (χ1) is 15.4. The van der Waals surface area contributed by atoms with Crippen molar-refractivity contribution in [2.24, 2.45) is 5.73 Å². The van der Waals surface area contributed by atoms with E-state index in [1.165, 1.54) is 19.5 Å². The number of carbonyl (C=O) groups excluding carboxylic acids is 1. The molecule has 3 aromatic rings. The molecule has 0 aliphatic heterocycles. The molecular weight excluding hydrogens is 445 g/mol. The highest BCUT2D eigenvalue weighted by Crippen LogP contribution is 2.36. The van der Waals surface area contributed by atoms with Gasteiger partial charge in [-0.15, -0.1) is 12.4 Å². The molecule has 0 saturated carbocycles. The highest BCUT2D eigenvalue weighted by molar-refractivity contribution is 5.89. The zero-order valence-corrected chi connectivity index (χ0v) is 20.5. The van der Waals surface area contributed by atoms with Crippen LogP contribution in [0.3, 0.4) is 0 Å². The van der Waals surface area contributed by atoms with E-state index in [9.17, 15) is 4.79 Å². The molecule has 0 saturated heterocycles. The molecule has 2 heterocycles. The van der Waals surface area contributed by atoms with Crippen molar-refractivity contribution in [3.8, 4) is 11.3 Å². The number of hydrogen-bond acceptors (Lipinski definition) is 6.